The third kappa shape index (κ3) is 2.97. The molecule has 0 radical (unpaired) electrons. The summed E-state index contributed by atoms with van der Waals surface area (Å²) in [6, 6.07) is 6.40. The van der Waals surface area contributed by atoms with Gasteiger partial charge in [-0.2, -0.15) is 0 Å². The second-order valence-corrected chi connectivity index (χ2v) is 8.44. The van der Waals surface area contributed by atoms with Crippen LogP contribution in [0.4, 0.5) is 0 Å². The van der Waals surface area contributed by atoms with E-state index in [1.54, 1.807) is 31.4 Å². The van der Waals surface area contributed by atoms with Crippen LogP contribution in [0.2, 0.25) is 0 Å². The number of ether oxygens (including phenoxy) is 2. The van der Waals surface area contributed by atoms with Crippen LogP contribution in [0.3, 0.4) is 0 Å². The van der Waals surface area contributed by atoms with Crippen molar-refractivity contribution in [3.8, 4) is 5.75 Å². The fourth-order valence-electron chi connectivity index (χ4n) is 6.07. The molecule has 5 rings (SSSR count). The molecule has 0 aromatic heterocycles. The standard InChI is InChI=1S/C21H27NO4/c1-25-17-5-3-16(4-6-17)19(23)22-18(20(24)26-2)21-10-13-7-14(11-21)9-15(8-13)12-21/h3-6,13-15,18H,7-12H2,1-2H3,(H,22,23)/t13?,14?,15?,18-,21?/m0/s1. The predicted octanol–water partition coefficient (Wildman–Crippen LogP) is 3.18. The van der Waals surface area contributed by atoms with Gasteiger partial charge in [0.25, 0.3) is 5.91 Å². The third-order valence-corrected chi connectivity index (χ3v) is 6.76. The topological polar surface area (TPSA) is 64.6 Å². The Morgan fingerprint density at radius 1 is 1.00 bits per heavy atom. The van der Waals surface area contributed by atoms with E-state index in [9.17, 15) is 9.59 Å². The minimum atomic E-state index is -0.560. The number of rotatable bonds is 5. The molecule has 0 unspecified atom stereocenters. The second kappa shape index (κ2) is 6.60. The summed E-state index contributed by atoms with van der Waals surface area (Å²) < 4.78 is 10.2. The summed E-state index contributed by atoms with van der Waals surface area (Å²) in [6.07, 6.45) is 6.96. The van der Waals surface area contributed by atoms with E-state index in [1.807, 2.05) is 0 Å². The number of carbonyl (C=O) groups excluding carboxylic acids is 2. The first-order chi connectivity index (χ1) is 12.5. The van der Waals surface area contributed by atoms with Crippen molar-refractivity contribution in [3.05, 3.63) is 29.8 Å². The maximum Gasteiger partial charge on any atom is 0.328 e. The lowest BCUT2D eigenvalue weighted by atomic mass is 9.47. The molecule has 4 aliphatic rings. The van der Waals surface area contributed by atoms with Crippen LogP contribution in [0, 0.1) is 23.2 Å². The summed E-state index contributed by atoms with van der Waals surface area (Å²) in [4.78, 5) is 25.4. The van der Waals surface area contributed by atoms with E-state index in [4.69, 9.17) is 9.47 Å². The molecule has 0 spiro atoms. The molecule has 1 aromatic rings. The Hall–Kier alpha value is -2.04. The number of methoxy groups -OCH3 is 2. The van der Waals surface area contributed by atoms with Gasteiger partial charge in [0.05, 0.1) is 14.2 Å². The van der Waals surface area contributed by atoms with E-state index >= 15 is 0 Å². The summed E-state index contributed by atoms with van der Waals surface area (Å²) in [5.41, 5.74) is 0.397. The van der Waals surface area contributed by atoms with Gasteiger partial charge < -0.3 is 14.8 Å². The van der Waals surface area contributed by atoms with Crippen LogP contribution in [-0.4, -0.2) is 32.1 Å². The fourth-order valence-corrected chi connectivity index (χ4v) is 6.07. The number of hydrogen-bond donors (Lipinski definition) is 1. The molecular formula is C21H27NO4. The molecular weight excluding hydrogens is 330 g/mol. The van der Waals surface area contributed by atoms with Crippen LogP contribution in [0.1, 0.15) is 48.9 Å². The van der Waals surface area contributed by atoms with Gasteiger partial charge in [-0.05, 0) is 80.5 Å². The van der Waals surface area contributed by atoms with Crippen molar-refractivity contribution in [2.45, 2.75) is 44.6 Å². The summed E-state index contributed by atoms with van der Waals surface area (Å²) in [5, 5.41) is 3.02. The van der Waals surface area contributed by atoms with Crippen molar-refractivity contribution >= 4 is 11.9 Å². The van der Waals surface area contributed by atoms with Gasteiger partial charge in [-0.3, -0.25) is 4.79 Å². The van der Waals surface area contributed by atoms with Gasteiger partial charge in [-0.15, -0.1) is 0 Å². The molecule has 1 amide bonds. The molecule has 1 aromatic carbocycles. The zero-order valence-corrected chi connectivity index (χ0v) is 15.5. The molecule has 4 fully saturated rings. The number of amides is 1. The average molecular weight is 357 g/mol. The van der Waals surface area contributed by atoms with Gasteiger partial charge in [0.1, 0.15) is 11.8 Å². The molecule has 4 saturated carbocycles. The van der Waals surface area contributed by atoms with E-state index in [0.29, 0.717) is 29.1 Å². The Morgan fingerprint density at radius 2 is 1.54 bits per heavy atom. The molecule has 5 heteroatoms. The molecule has 0 saturated heterocycles. The number of carbonyl (C=O) groups is 2. The second-order valence-electron chi connectivity index (χ2n) is 8.44. The molecule has 0 aliphatic heterocycles. The minimum Gasteiger partial charge on any atom is -0.497 e. The van der Waals surface area contributed by atoms with E-state index in [-0.39, 0.29) is 17.3 Å². The highest BCUT2D eigenvalue weighted by Crippen LogP contribution is 2.61. The monoisotopic (exact) mass is 357 g/mol. The lowest BCUT2D eigenvalue weighted by molar-refractivity contribution is -0.154. The van der Waals surface area contributed by atoms with E-state index in [1.165, 1.54) is 26.4 Å². The van der Waals surface area contributed by atoms with E-state index in [0.717, 1.165) is 19.3 Å². The summed E-state index contributed by atoms with van der Waals surface area (Å²) in [6.45, 7) is 0. The quantitative estimate of drug-likeness (QED) is 0.822. The van der Waals surface area contributed by atoms with Crippen molar-refractivity contribution in [1.82, 2.24) is 5.32 Å². The highest BCUT2D eigenvalue weighted by molar-refractivity contribution is 5.97. The van der Waals surface area contributed by atoms with Crippen LogP contribution in [0.15, 0.2) is 24.3 Å². The Balaban J connectivity index is 1.57. The molecule has 1 N–H and O–H groups in total. The van der Waals surface area contributed by atoms with Gasteiger partial charge in [0.2, 0.25) is 0 Å². The smallest absolute Gasteiger partial charge is 0.328 e. The normalized spacial score (nSPS) is 32.8. The van der Waals surface area contributed by atoms with Gasteiger partial charge >= 0.3 is 5.97 Å². The zero-order valence-electron chi connectivity index (χ0n) is 15.5. The van der Waals surface area contributed by atoms with Crippen LogP contribution in [-0.2, 0) is 9.53 Å². The lowest BCUT2D eigenvalue weighted by Gasteiger charge is -2.58. The van der Waals surface area contributed by atoms with Crippen molar-refractivity contribution in [1.29, 1.82) is 0 Å². The first-order valence-electron chi connectivity index (χ1n) is 9.56. The highest BCUT2D eigenvalue weighted by atomic mass is 16.5. The molecule has 26 heavy (non-hydrogen) atoms. The van der Waals surface area contributed by atoms with Crippen LogP contribution >= 0.6 is 0 Å². The third-order valence-electron chi connectivity index (χ3n) is 6.76. The first-order valence-corrected chi connectivity index (χ1v) is 9.56. The number of nitrogens with one attached hydrogen (secondary N) is 1. The number of hydrogen-bond acceptors (Lipinski definition) is 4. The molecule has 4 bridgehead atoms. The molecule has 4 aliphatic carbocycles. The largest absolute Gasteiger partial charge is 0.497 e. The summed E-state index contributed by atoms with van der Waals surface area (Å²) in [7, 11) is 3.00. The van der Waals surface area contributed by atoms with Crippen LogP contribution < -0.4 is 10.1 Å². The number of esters is 1. The Labute approximate surface area is 154 Å². The highest BCUT2D eigenvalue weighted by Gasteiger charge is 2.56. The summed E-state index contributed by atoms with van der Waals surface area (Å²) >= 11 is 0. The minimum absolute atomic E-state index is 0.135. The van der Waals surface area contributed by atoms with Crippen LogP contribution in [0.5, 0.6) is 5.75 Å². The van der Waals surface area contributed by atoms with Gasteiger partial charge in [-0.1, -0.05) is 0 Å². The summed E-state index contributed by atoms with van der Waals surface area (Å²) in [5.74, 6) is 2.27. The Bertz CT molecular complexity index is 661. The maximum absolute atomic E-state index is 12.8. The van der Waals surface area contributed by atoms with E-state index < -0.39 is 6.04 Å². The SMILES string of the molecule is COC(=O)[C@H](NC(=O)c1ccc(OC)cc1)C12CC3CC(CC(C3)C1)C2. The fraction of sp³-hybridized carbons (Fsp3) is 0.619. The lowest BCUT2D eigenvalue weighted by Crippen LogP contribution is -2.60. The van der Waals surface area contributed by atoms with Gasteiger partial charge in [0, 0.05) is 11.0 Å². The van der Waals surface area contributed by atoms with Crippen molar-refractivity contribution in [3.63, 3.8) is 0 Å². The van der Waals surface area contributed by atoms with Crippen molar-refractivity contribution < 1.29 is 19.1 Å². The molecule has 1 atom stereocenters. The zero-order chi connectivity index (χ0) is 18.3. The molecule has 5 nitrogen and oxygen atoms in total. The average Bonchev–Trinajstić information content (AvgIpc) is 2.64. The first kappa shape index (κ1) is 17.4. The molecule has 0 heterocycles. The Kier molecular flexibility index (Phi) is 4.41. The maximum atomic E-state index is 12.8. The van der Waals surface area contributed by atoms with Crippen molar-refractivity contribution in [2.24, 2.45) is 23.2 Å². The van der Waals surface area contributed by atoms with Crippen LogP contribution in [0.25, 0.3) is 0 Å². The van der Waals surface area contributed by atoms with Gasteiger partial charge in [-0.25, -0.2) is 4.79 Å². The predicted molar refractivity (Wildman–Crippen MR) is 96.9 cm³/mol. The van der Waals surface area contributed by atoms with Gasteiger partial charge in [0.15, 0.2) is 0 Å². The number of benzene rings is 1. The van der Waals surface area contributed by atoms with E-state index in [2.05, 4.69) is 5.32 Å². The Morgan fingerprint density at radius 3 is 2.00 bits per heavy atom. The van der Waals surface area contributed by atoms with Crippen molar-refractivity contribution in [2.75, 3.05) is 14.2 Å². The molecule has 140 valence electrons.